The maximum absolute atomic E-state index is 12.7. The SMILES string of the molecule is COc1ccc(CNC(=O)COc2ccc(S(=O)(=O)NC(C)c3ccccc3)cc2Cl)cc1. The second-order valence-electron chi connectivity index (χ2n) is 7.26. The van der Waals surface area contributed by atoms with E-state index >= 15 is 0 Å². The first-order valence-corrected chi connectivity index (χ1v) is 12.0. The van der Waals surface area contributed by atoms with Gasteiger partial charge in [-0.1, -0.05) is 54.1 Å². The summed E-state index contributed by atoms with van der Waals surface area (Å²) in [5.41, 5.74) is 1.75. The van der Waals surface area contributed by atoms with Gasteiger partial charge in [-0.3, -0.25) is 4.79 Å². The fraction of sp³-hybridized carbons (Fsp3) is 0.208. The van der Waals surface area contributed by atoms with Crippen molar-refractivity contribution in [2.45, 2.75) is 24.4 Å². The van der Waals surface area contributed by atoms with Crippen LogP contribution < -0.4 is 19.5 Å². The highest BCUT2D eigenvalue weighted by atomic mass is 35.5. The van der Waals surface area contributed by atoms with Gasteiger partial charge in [0.15, 0.2) is 6.61 Å². The van der Waals surface area contributed by atoms with Crippen molar-refractivity contribution in [2.24, 2.45) is 0 Å². The number of rotatable bonds is 10. The van der Waals surface area contributed by atoms with Gasteiger partial charge in [-0.15, -0.1) is 0 Å². The molecule has 3 rings (SSSR count). The molecule has 0 saturated heterocycles. The summed E-state index contributed by atoms with van der Waals surface area (Å²) in [6, 6.07) is 20.3. The molecular weight excluding hydrogens is 464 g/mol. The van der Waals surface area contributed by atoms with Gasteiger partial charge in [-0.25, -0.2) is 13.1 Å². The number of methoxy groups -OCH3 is 1. The molecule has 9 heteroatoms. The van der Waals surface area contributed by atoms with Crippen LogP contribution in [0.4, 0.5) is 0 Å². The van der Waals surface area contributed by atoms with Crippen molar-refractivity contribution in [1.82, 2.24) is 10.0 Å². The Labute approximate surface area is 198 Å². The lowest BCUT2D eigenvalue weighted by molar-refractivity contribution is -0.123. The molecule has 0 aromatic heterocycles. The topological polar surface area (TPSA) is 93.7 Å². The predicted octanol–water partition coefficient (Wildman–Crippen LogP) is 4.08. The highest BCUT2D eigenvalue weighted by molar-refractivity contribution is 7.89. The molecule has 3 aromatic rings. The van der Waals surface area contributed by atoms with E-state index in [0.717, 1.165) is 16.9 Å². The molecule has 0 spiro atoms. The molecule has 0 heterocycles. The number of carbonyl (C=O) groups excluding carboxylic acids is 1. The maximum atomic E-state index is 12.7. The summed E-state index contributed by atoms with van der Waals surface area (Å²) in [6.45, 7) is 1.84. The van der Waals surface area contributed by atoms with E-state index in [-0.39, 0.29) is 28.2 Å². The molecule has 0 fully saturated rings. The van der Waals surface area contributed by atoms with Gasteiger partial charge in [0.1, 0.15) is 11.5 Å². The number of halogens is 1. The predicted molar refractivity (Wildman–Crippen MR) is 127 cm³/mol. The third kappa shape index (κ3) is 6.95. The summed E-state index contributed by atoms with van der Waals surface area (Å²) in [7, 11) is -2.21. The molecule has 0 aliphatic rings. The van der Waals surface area contributed by atoms with Crippen LogP contribution in [0.2, 0.25) is 5.02 Å². The number of hydrogen-bond acceptors (Lipinski definition) is 5. The Hall–Kier alpha value is -3.07. The van der Waals surface area contributed by atoms with E-state index in [0.29, 0.717) is 6.54 Å². The fourth-order valence-corrected chi connectivity index (χ4v) is 4.57. The summed E-state index contributed by atoms with van der Waals surface area (Å²) in [4.78, 5) is 12.1. The standard InChI is InChI=1S/C24H25ClN2O5S/c1-17(19-6-4-3-5-7-19)27-33(29,30)21-12-13-23(22(25)14-21)32-16-24(28)26-15-18-8-10-20(31-2)11-9-18/h3-14,17,27H,15-16H2,1-2H3,(H,26,28). The second-order valence-corrected chi connectivity index (χ2v) is 9.38. The van der Waals surface area contributed by atoms with E-state index in [9.17, 15) is 13.2 Å². The van der Waals surface area contributed by atoms with Gasteiger partial charge >= 0.3 is 0 Å². The van der Waals surface area contributed by atoms with Gasteiger partial charge in [0.05, 0.1) is 17.0 Å². The van der Waals surface area contributed by atoms with Crippen LogP contribution in [0.15, 0.2) is 77.7 Å². The minimum Gasteiger partial charge on any atom is -0.497 e. The van der Waals surface area contributed by atoms with Crippen LogP contribution >= 0.6 is 11.6 Å². The number of ether oxygens (including phenoxy) is 2. The summed E-state index contributed by atoms with van der Waals surface area (Å²) in [6.07, 6.45) is 0. The monoisotopic (exact) mass is 488 g/mol. The minimum atomic E-state index is -3.80. The third-order valence-corrected chi connectivity index (χ3v) is 6.69. The van der Waals surface area contributed by atoms with E-state index in [1.165, 1.54) is 18.2 Å². The maximum Gasteiger partial charge on any atom is 0.258 e. The minimum absolute atomic E-state index is 0.00610. The molecule has 0 saturated carbocycles. The van der Waals surface area contributed by atoms with Crippen molar-refractivity contribution < 1.29 is 22.7 Å². The van der Waals surface area contributed by atoms with Crippen molar-refractivity contribution in [3.63, 3.8) is 0 Å². The molecule has 174 valence electrons. The molecule has 0 aliphatic carbocycles. The largest absolute Gasteiger partial charge is 0.497 e. The Balaban J connectivity index is 1.55. The van der Waals surface area contributed by atoms with Gasteiger partial charge in [0.25, 0.3) is 5.91 Å². The van der Waals surface area contributed by atoms with Gasteiger partial charge in [0.2, 0.25) is 10.0 Å². The number of hydrogen-bond donors (Lipinski definition) is 2. The van der Waals surface area contributed by atoms with Gasteiger partial charge in [-0.05, 0) is 48.4 Å². The summed E-state index contributed by atoms with van der Waals surface area (Å²) in [5.74, 6) is 0.612. The van der Waals surface area contributed by atoms with Crippen molar-refractivity contribution >= 4 is 27.5 Å². The zero-order valence-electron chi connectivity index (χ0n) is 18.2. The number of amides is 1. The molecular formula is C24H25ClN2O5S. The summed E-state index contributed by atoms with van der Waals surface area (Å²) in [5, 5.41) is 2.84. The molecule has 3 aromatic carbocycles. The van der Waals surface area contributed by atoms with Crippen LogP contribution in [0.1, 0.15) is 24.1 Å². The van der Waals surface area contributed by atoms with E-state index in [4.69, 9.17) is 21.1 Å². The van der Waals surface area contributed by atoms with Gasteiger partial charge in [-0.2, -0.15) is 0 Å². The third-order valence-electron chi connectivity index (χ3n) is 4.85. The molecule has 33 heavy (non-hydrogen) atoms. The van der Waals surface area contributed by atoms with E-state index < -0.39 is 16.1 Å². The average Bonchev–Trinajstić information content (AvgIpc) is 2.82. The molecule has 7 nitrogen and oxygen atoms in total. The van der Waals surface area contributed by atoms with Crippen molar-refractivity contribution in [2.75, 3.05) is 13.7 Å². The van der Waals surface area contributed by atoms with Crippen LogP contribution in [0.25, 0.3) is 0 Å². The number of carbonyl (C=O) groups is 1. The zero-order valence-corrected chi connectivity index (χ0v) is 19.8. The van der Waals surface area contributed by atoms with Crippen LogP contribution in [0.5, 0.6) is 11.5 Å². The fourth-order valence-electron chi connectivity index (χ4n) is 3.01. The lowest BCUT2D eigenvalue weighted by Gasteiger charge is -2.15. The van der Waals surface area contributed by atoms with Crippen LogP contribution in [-0.2, 0) is 21.4 Å². The number of nitrogens with one attached hydrogen (secondary N) is 2. The lowest BCUT2D eigenvalue weighted by Crippen LogP contribution is -2.28. The first kappa shape index (κ1) is 24.6. The quantitative estimate of drug-likeness (QED) is 0.448. The van der Waals surface area contributed by atoms with E-state index in [2.05, 4.69) is 10.0 Å². The van der Waals surface area contributed by atoms with Gasteiger partial charge in [0, 0.05) is 12.6 Å². The Kier molecular flexibility index (Phi) is 8.32. The Morgan fingerprint density at radius 2 is 1.73 bits per heavy atom. The number of benzene rings is 3. The average molecular weight is 489 g/mol. The molecule has 2 N–H and O–H groups in total. The van der Waals surface area contributed by atoms with E-state index in [1.54, 1.807) is 14.0 Å². The summed E-state index contributed by atoms with van der Waals surface area (Å²) < 4.78 is 38.6. The molecule has 0 radical (unpaired) electrons. The van der Waals surface area contributed by atoms with Crippen molar-refractivity contribution in [1.29, 1.82) is 0 Å². The molecule has 1 unspecified atom stereocenters. The smallest absolute Gasteiger partial charge is 0.258 e. The lowest BCUT2D eigenvalue weighted by atomic mass is 10.1. The molecule has 0 bridgehead atoms. The first-order chi connectivity index (χ1) is 15.8. The Bertz CT molecular complexity index is 1190. The van der Waals surface area contributed by atoms with Crippen LogP contribution in [0, 0.1) is 0 Å². The highest BCUT2D eigenvalue weighted by Gasteiger charge is 2.20. The van der Waals surface area contributed by atoms with Gasteiger partial charge < -0.3 is 14.8 Å². The highest BCUT2D eigenvalue weighted by Crippen LogP contribution is 2.28. The van der Waals surface area contributed by atoms with Crippen LogP contribution in [0.3, 0.4) is 0 Å². The molecule has 0 aliphatic heterocycles. The van der Waals surface area contributed by atoms with Crippen LogP contribution in [-0.4, -0.2) is 28.0 Å². The normalized spacial score (nSPS) is 12.1. The Morgan fingerprint density at radius 3 is 2.36 bits per heavy atom. The van der Waals surface area contributed by atoms with Crippen molar-refractivity contribution in [3.05, 3.63) is 88.9 Å². The number of sulfonamides is 1. The summed E-state index contributed by atoms with van der Waals surface area (Å²) >= 11 is 6.21. The van der Waals surface area contributed by atoms with E-state index in [1.807, 2.05) is 54.6 Å². The zero-order chi connectivity index (χ0) is 23.8. The molecule has 1 atom stereocenters. The van der Waals surface area contributed by atoms with Crippen molar-refractivity contribution in [3.8, 4) is 11.5 Å². The molecule has 1 amide bonds. The second kappa shape index (κ2) is 11.2. The first-order valence-electron chi connectivity index (χ1n) is 10.2. The Morgan fingerprint density at radius 1 is 1.03 bits per heavy atom.